The second-order valence-corrected chi connectivity index (χ2v) is 3.51. The Bertz CT molecular complexity index is 403. The lowest BCUT2D eigenvalue weighted by Gasteiger charge is -2.22. The van der Waals surface area contributed by atoms with Gasteiger partial charge in [-0.3, -0.25) is 0 Å². The molecule has 0 spiro atoms. The van der Waals surface area contributed by atoms with Crippen LogP contribution < -0.4 is 14.2 Å². The number of ether oxygens (including phenoxy) is 3. The molecule has 16 heavy (non-hydrogen) atoms. The van der Waals surface area contributed by atoms with Gasteiger partial charge in [0.2, 0.25) is 11.6 Å². The van der Waals surface area contributed by atoms with E-state index in [1.54, 1.807) is 6.07 Å². The highest BCUT2D eigenvalue weighted by Crippen LogP contribution is 2.42. The summed E-state index contributed by atoms with van der Waals surface area (Å²) < 4.78 is 29.3. The van der Waals surface area contributed by atoms with Crippen LogP contribution in [0.25, 0.3) is 0 Å². The van der Waals surface area contributed by atoms with Gasteiger partial charge in [-0.1, -0.05) is 0 Å². The smallest absolute Gasteiger partial charge is 0.211 e. The van der Waals surface area contributed by atoms with Gasteiger partial charge >= 0.3 is 0 Å². The highest BCUT2D eigenvalue weighted by Gasteiger charge is 2.25. The molecule has 0 bridgehead atoms. The van der Waals surface area contributed by atoms with E-state index in [4.69, 9.17) is 14.2 Å². The first-order chi connectivity index (χ1) is 7.65. The lowest BCUT2D eigenvalue weighted by atomic mass is 10.1. The zero-order chi connectivity index (χ0) is 11.7. The number of hydrogen-bond donors (Lipinski definition) is 1. The standard InChI is InChI=1S/C11H13FO4/c1-6(13)7-5-8-11(16-4-3-15-8)9(12)10(7)14-2/h5-6,13H,3-4H2,1-2H3. The Morgan fingerprint density at radius 2 is 2.12 bits per heavy atom. The van der Waals surface area contributed by atoms with Crippen molar-refractivity contribution in [1.82, 2.24) is 0 Å². The number of hydrogen-bond acceptors (Lipinski definition) is 4. The summed E-state index contributed by atoms with van der Waals surface area (Å²) in [7, 11) is 1.35. The van der Waals surface area contributed by atoms with E-state index in [1.807, 2.05) is 0 Å². The van der Waals surface area contributed by atoms with Crippen molar-refractivity contribution in [2.75, 3.05) is 20.3 Å². The normalized spacial score (nSPS) is 15.8. The van der Waals surface area contributed by atoms with Crippen LogP contribution in [-0.2, 0) is 0 Å². The molecule has 0 fully saturated rings. The summed E-state index contributed by atoms with van der Waals surface area (Å²) in [4.78, 5) is 0. The number of aliphatic hydroxyl groups excluding tert-OH is 1. The van der Waals surface area contributed by atoms with Crippen LogP contribution in [0, 0.1) is 5.82 Å². The molecular weight excluding hydrogens is 215 g/mol. The van der Waals surface area contributed by atoms with Crippen molar-refractivity contribution in [2.45, 2.75) is 13.0 Å². The van der Waals surface area contributed by atoms with E-state index >= 15 is 0 Å². The first-order valence-electron chi connectivity index (χ1n) is 4.99. The van der Waals surface area contributed by atoms with Crippen LogP contribution in [-0.4, -0.2) is 25.4 Å². The quantitative estimate of drug-likeness (QED) is 0.836. The number of aliphatic hydroxyl groups is 1. The van der Waals surface area contributed by atoms with E-state index in [0.29, 0.717) is 24.5 Å². The second-order valence-electron chi connectivity index (χ2n) is 3.51. The fraction of sp³-hybridized carbons (Fsp3) is 0.455. The third-order valence-corrected chi connectivity index (χ3v) is 2.41. The molecule has 0 saturated heterocycles. The number of methoxy groups -OCH3 is 1. The van der Waals surface area contributed by atoms with Crippen molar-refractivity contribution in [3.8, 4) is 17.2 Å². The predicted octanol–water partition coefficient (Wildman–Crippen LogP) is 1.66. The maximum atomic E-state index is 13.9. The third kappa shape index (κ3) is 1.67. The van der Waals surface area contributed by atoms with Gasteiger partial charge in [-0.05, 0) is 13.0 Å². The van der Waals surface area contributed by atoms with Gasteiger partial charge in [-0.25, -0.2) is 0 Å². The molecule has 0 radical (unpaired) electrons. The lowest BCUT2D eigenvalue weighted by molar-refractivity contribution is 0.157. The van der Waals surface area contributed by atoms with Crippen LogP contribution in [0.5, 0.6) is 17.2 Å². The summed E-state index contributed by atoms with van der Waals surface area (Å²) in [6, 6.07) is 1.54. The summed E-state index contributed by atoms with van der Waals surface area (Å²) in [5.74, 6) is -0.275. The van der Waals surface area contributed by atoms with Gasteiger partial charge in [0.1, 0.15) is 13.2 Å². The molecule has 1 unspecified atom stereocenters. The van der Waals surface area contributed by atoms with E-state index in [-0.39, 0.29) is 11.5 Å². The summed E-state index contributed by atoms with van der Waals surface area (Å²) in [5.41, 5.74) is 0.351. The van der Waals surface area contributed by atoms with Crippen LogP contribution in [0.2, 0.25) is 0 Å². The number of rotatable bonds is 2. The van der Waals surface area contributed by atoms with E-state index in [2.05, 4.69) is 0 Å². The number of fused-ring (bicyclic) bond motifs is 1. The van der Waals surface area contributed by atoms with Gasteiger partial charge < -0.3 is 19.3 Å². The Kier molecular flexibility index (Phi) is 2.87. The van der Waals surface area contributed by atoms with Crippen LogP contribution >= 0.6 is 0 Å². The topological polar surface area (TPSA) is 47.9 Å². The van der Waals surface area contributed by atoms with E-state index in [9.17, 15) is 9.50 Å². The van der Waals surface area contributed by atoms with Crippen molar-refractivity contribution < 1.29 is 23.7 Å². The maximum Gasteiger partial charge on any atom is 0.211 e. The van der Waals surface area contributed by atoms with Gasteiger partial charge in [0.05, 0.1) is 13.2 Å². The summed E-state index contributed by atoms with van der Waals surface area (Å²) >= 11 is 0. The molecule has 1 aliphatic rings. The van der Waals surface area contributed by atoms with Gasteiger partial charge in [-0.2, -0.15) is 4.39 Å². The second kappa shape index (κ2) is 4.17. The van der Waals surface area contributed by atoms with Crippen LogP contribution in [0.1, 0.15) is 18.6 Å². The fourth-order valence-electron chi connectivity index (χ4n) is 1.67. The number of halogens is 1. The predicted molar refractivity (Wildman–Crippen MR) is 54.6 cm³/mol. The van der Waals surface area contributed by atoms with Gasteiger partial charge in [-0.15, -0.1) is 0 Å². The Morgan fingerprint density at radius 1 is 1.44 bits per heavy atom. The minimum Gasteiger partial charge on any atom is -0.493 e. The summed E-state index contributed by atoms with van der Waals surface area (Å²) in [6.45, 7) is 2.21. The molecule has 0 amide bonds. The molecule has 1 aliphatic heterocycles. The van der Waals surface area contributed by atoms with Crippen molar-refractivity contribution in [3.05, 3.63) is 17.4 Å². The minimum atomic E-state index is -0.833. The Hall–Kier alpha value is -1.49. The van der Waals surface area contributed by atoms with Crippen LogP contribution in [0.3, 0.4) is 0 Å². The molecule has 0 aromatic heterocycles. The molecule has 2 rings (SSSR count). The average molecular weight is 228 g/mol. The summed E-state index contributed by atoms with van der Waals surface area (Å²) in [5, 5.41) is 9.52. The Labute approximate surface area is 92.6 Å². The minimum absolute atomic E-state index is 0.000694. The molecule has 1 heterocycles. The van der Waals surface area contributed by atoms with Gasteiger partial charge in [0.25, 0.3) is 0 Å². The Balaban J connectivity index is 2.59. The average Bonchev–Trinajstić information content (AvgIpc) is 2.29. The molecule has 1 N–H and O–H groups in total. The SMILES string of the molecule is COc1c(C(C)O)cc2c(c1F)OCCO2. The van der Waals surface area contributed by atoms with Crippen molar-refractivity contribution >= 4 is 0 Å². The highest BCUT2D eigenvalue weighted by molar-refractivity contribution is 5.53. The highest BCUT2D eigenvalue weighted by atomic mass is 19.1. The Morgan fingerprint density at radius 3 is 2.75 bits per heavy atom. The maximum absolute atomic E-state index is 13.9. The third-order valence-electron chi connectivity index (χ3n) is 2.41. The molecule has 1 aromatic carbocycles. The lowest BCUT2D eigenvalue weighted by Crippen LogP contribution is -2.17. The molecule has 4 nitrogen and oxygen atoms in total. The van der Waals surface area contributed by atoms with Gasteiger partial charge in [0.15, 0.2) is 11.5 Å². The first-order valence-corrected chi connectivity index (χ1v) is 4.99. The van der Waals surface area contributed by atoms with Crippen LogP contribution in [0.4, 0.5) is 4.39 Å². The molecule has 0 saturated carbocycles. The molecule has 88 valence electrons. The van der Waals surface area contributed by atoms with Crippen molar-refractivity contribution in [1.29, 1.82) is 0 Å². The first kappa shape index (κ1) is 11.0. The zero-order valence-corrected chi connectivity index (χ0v) is 9.12. The fourth-order valence-corrected chi connectivity index (χ4v) is 1.67. The molecule has 1 aromatic rings. The van der Waals surface area contributed by atoms with E-state index in [0.717, 1.165) is 0 Å². The van der Waals surface area contributed by atoms with Crippen molar-refractivity contribution in [3.63, 3.8) is 0 Å². The summed E-state index contributed by atoms with van der Waals surface area (Å²) in [6.07, 6.45) is -0.833. The van der Waals surface area contributed by atoms with Crippen molar-refractivity contribution in [2.24, 2.45) is 0 Å². The largest absolute Gasteiger partial charge is 0.493 e. The molecule has 5 heteroatoms. The molecule has 0 aliphatic carbocycles. The van der Waals surface area contributed by atoms with E-state index < -0.39 is 11.9 Å². The van der Waals surface area contributed by atoms with Crippen LogP contribution in [0.15, 0.2) is 6.07 Å². The monoisotopic (exact) mass is 228 g/mol. The zero-order valence-electron chi connectivity index (χ0n) is 9.12. The van der Waals surface area contributed by atoms with Gasteiger partial charge in [0, 0.05) is 5.56 Å². The molecule has 1 atom stereocenters. The number of benzene rings is 1. The molecular formula is C11H13FO4. The van der Waals surface area contributed by atoms with E-state index in [1.165, 1.54) is 14.0 Å².